The lowest BCUT2D eigenvalue weighted by Gasteiger charge is -2.09. The monoisotopic (exact) mass is 459 g/mol. The first-order chi connectivity index (χ1) is 16.0. The van der Waals surface area contributed by atoms with E-state index < -0.39 is 11.7 Å². The third-order valence-electron chi connectivity index (χ3n) is 5.41. The molecule has 0 saturated carbocycles. The number of nitrogens with zero attached hydrogens (tertiary/aromatic N) is 4. The Morgan fingerprint density at radius 3 is 2.55 bits per heavy atom. The fourth-order valence-corrected chi connectivity index (χ4v) is 4.81. The van der Waals surface area contributed by atoms with Gasteiger partial charge in [-0.15, -0.1) is 11.3 Å². The van der Waals surface area contributed by atoms with Crippen LogP contribution >= 0.6 is 11.3 Å². The van der Waals surface area contributed by atoms with Crippen LogP contribution in [0.1, 0.15) is 20.9 Å². The van der Waals surface area contributed by atoms with Gasteiger partial charge in [-0.1, -0.05) is 42.5 Å². The van der Waals surface area contributed by atoms with Crippen molar-refractivity contribution in [2.24, 2.45) is 0 Å². The van der Waals surface area contributed by atoms with E-state index in [4.69, 9.17) is 0 Å². The zero-order valence-corrected chi connectivity index (χ0v) is 18.6. The third-order valence-corrected chi connectivity index (χ3v) is 6.42. The fourth-order valence-electron chi connectivity index (χ4n) is 3.80. The van der Waals surface area contributed by atoms with Crippen molar-refractivity contribution in [2.45, 2.75) is 13.8 Å². The molecule has 0 aliphatic rings. The van der Waals surface area contributed by atoms with Crippen LogP contribution in [0.25, 0.3) is 27.0 Å². The molecule has 0 aliphatic carbocycles. The van der Waals surface area contributed by atoms with Crippen molar-refractivity contribution in [2.75, 3.05) is 5.43 Å². The maximum Gasteiger partial charge on any atom is 0.281 e. The molecule has 1 N–H and O–H groups in total. The Morgan fingerprint density at radius 1 is 1.06 bits per heavy atom. The number of amides is 1. The van der Waals surface area contributed by atoms with Crippen LogP contribution in [0.15, 0.2) is 71.9 Å². The highest BCUT2D eigenvalue weighted by Gasteiger charge is 2.20. The molecule has 9 heteroatoms. The van der Waals surface area contributed by atoms with Crippen molar-refractivity contribution in [3.05, 3.63) is 99.4 Å². The van der Waals surface area contributed by atoms with Gasteiger partial charge >= 0.3 is 0 Å². The number of thiophene rings is 1. The van der Waals surface area contributed by atoms with Crippen LogP contribution in [0.5, 0.6) is 0 Å². The van der Waals surface area contributed by atoms with Crippen LogP contribution in [0.4, 0.5) is 4.39 Å². The predicted molar refractivity (Wildman–Crippen MR) is 126 cm³/mol. The molecule has 5 rings (SSSR count). The number of para-hydroxylation sites is 1. The first-order valence-electron chi connectivity index (χ1n) is 10.1. The minimum Gasteiger partial charge on any atom is -0.267 e. The summed E-state index contributed by atoms with van der Waals surface area (Å²) in [6.45, 7) is 3.60. The summed E-state index contributed by atoms with van der Waals surface area (Å²) < 4.78 is 16.6. The molecule has 0 atom stereocenters. The lowest BCUT2D eigenvalue weighted by Crippen LogP contribution is -2.33. The zero-order chi connectivity index (χ0) is 23.1. The molecule has 0 bridgehead atoms. The number of aromatic nitrogens is 4. The predicted octanol–water partition coefficient (Wildman–Crippen LogP) is 4.45. The second-order valence-corrected chi connectivity index (χ2v) is 8.65. The van der Waals surface area contributed by atoms with E-state index in [2.05, 4.69) is 15.5 Å². The van der Waals surface area contributed by atoms with Gasteiger partial charge in [-0.05, 0) is 31.5 Å². The summed E-state index contributed by atoms with van der Waals surface area (Å²) in [7, 11) is 0. The van der Waals surface area contributed by atoms with E-state index in [0.717, 1.165) is 20.7 Å². The average molecular weight is 460 g/mol. The van der Waals surface area contributed by atoms with Gasteiger partial charge in [0.15, 0.2) is 0 Å². The molecule has 0 unspecified atom stereocenters. The molecule has 0 fully saturated rings. The normalized spacial score (nSPS) is 11.1. The van der Waals surface area contributed by atoms with Crippen molar-refractivity contribution < 1.29 is 9.18 Å². The zero-order valence-electron chi connectivity index (χ0n) is 17.7. The summed E-state index contributed by atoms with van der Waals surface area (Å²) in [5, 5.41) is 4.60. The van der Waals surface area contributed by atoms with Gasteiger partial charge < -0.3 is 0 Å². The molecular formula is C24H18FN5O2S. The number of halogens is 1. The smallest absolute Gasteiger partial charge is 0.267 e. The Bertz CT molecular complexity index is 1570. The summed E-state index contributed by atoms with van der Waals surface area (Å²) in [4.78, 5) is 32.2. The number of benzene rings is 2. The number of hydrogen-bond acceptors (Lipinski definition) is 5. The van der Waals surface area contributed by atoms with Crippen molar-refractivity contribution in [3.8, 4) is 16.8 Å². The molecule has 2 aromatic carbocycles. The topological polar surface area (TPSA) is 81.8 Å². The van der Waals surface area contributed by atoms with Crippen molar-refractivity contribution >= 4 is 27.5 Å². The van der Waals surface area contributed by atoms with Gasteiger partial charge in [-0.3, -0.25) is 15.0 Å². The Kier molecular flexibility index (Phi) is 5.10. The summed E-state index contributed by atoms with van der Waals surface area (Å²) in [6, 6.07) is 15.8. The van der Waals surface area contributed by atoms with E-state index in [1.807, 2.05) is 37.3 Å². The van der Waals surface area contributed by atoms with Crippen molar-refractivity contribution in [3.63, 3.8) is 0 Å². The van der Waals surface area contributed by atoms with Gasteiger partial charge in [0.1, 0.15) is 22.7 Å². The fraction of sp³-hybridized carbons (Fsp3) is 0.0833. The van der Waals surface area contributed by atoms with Crippen LogP contribution in [0.2, 0.25) is 0 Å². The quantitative estimate of drug-likeness (QED) is 0.431. The Labute approximate surface area is 191 Å². The number of carbonyl (C=O) groups is 1. The van der Waals surface area contributed by atoms with Crippen molar-refractivity contribution in [1.29, 1.82) is 0 Å². The van der Waals surface area contributed by atoms with E-state index in [1.165, 1.54) is 34.6 Å². The van der Waals surface area contributed by atoms with Gasteiger partial charge in [0, 0.05) is 10.4 Å². The Balaban J connectivity index is 1.53. The van der Waals surface area contributed by atoms with Gasteiger partial charge in [0.05, 0.1) is 22.8 Å². The van der Waals surface area contributed by atoms with Crippen LogP contribution in [0.3, 0.4) is 0 Å². The second-order valence-electron chi connectivity index (χ2n) is 7.45. The molecule has 0 radical (unpaired) electrons. The second kappa shape index (κ2) is 8.10. The van der Waals surface area contributed by atoms with Gasteiger partial charge in [-0.2, -0.15) is 5.10 Å². The minimum atomic E-state index is -0.549. The SMILES string of the molecule is Cc1sc2ncn(NC(=O)c3cnn(-c4ccccc4F)c3C)c(=O)c2c1-c1ccccc1. The molecule has 1 amide bonds. The Morgan fingerprint density at radius 2 is 1.79 bits per heavy atom. The molecule has 3 aromatic heterocycles. The number of rotatable bonds is 4. The highest BCUT2D eigenvalue weighted by atomic mass is 32.1. The molecule has 0 aliphatic heterocycles. The number of aryl methyl sites for hydroxylation is 1. The van der Waals surface area contributed by atoms with Gasteiger partial charge in [-0.25, -0.2) is 18.7 Å². The summed E-state index contributed by atoms with van der Waals surface area (Å²) in [5.74, 6) is -1.01. The maximum absolute atomic E-state index is 14.2. The number of nitrogens with one attached hydrogen (secondary N) is 1. The number of hydrogen-bond donors (Lipinski definition) is 1. The van der Waals surface area contributed by atoms with E-state index in [-0.39, 0.29) is 16.8 Å². The largest absolute Gasteiger partial charge is 0.281 e. The first kappa shape index (κ1) is 20.8. The lowest BCUT2D eigenvalue weighted by atomic mass is 10.0. The first-order valence-corrected chi connectivity index (χ1v) is 10.9. The Hall–Kier alpha value is -4.11. The maximum atomic E-state index is 14.2. The number of fused-ring (bicyclic) bond motifs is 1. The third kappa shape index (κ3) is 3.52. The highest BCUT2D eigenvalue weighted by Crippen LogP contribution is 2.35. The number of carbonyl (C=O) groups excluding carboxylic acids is 1. The molecule has 0 saturated heterocycles. The van der Waals surface area contributed by atoms with E-state index in [1.54, 1.807) is 25.1 Å². The molecule has 5 aromatic rings. The molecule has 7 nitrogen and oxygen atoms in total. The summed E-state index contributed by atoms with van der Waals surface area (Å²) >= 11 is 1.43. The molecule has 0 spiro atoms. The molecule has 33 heavy (non-hydrogen) atoms. The summed E-state index contributed by atoms with van der Waals surface area (Å²) in [6.07, 6.45) is 2.64. The summed E-state index contributed by atoms with van der Waals surface area (Å²) in [5.41, 5.74) is 4.81. The van der Waals surface area contributed by atoms with Crippen LogP contribution in [0, 0.1) is 19.7 Å². The van der Waals surface area contributed by atoms with Gasteiger partial charge in [0.2, 0.25) is 0 Å². The van der Waals surface area contributed by atoms with E-state index >= 15 is 0 Å². The minimum absolute atomic E-state index is 0.218. The van der Waals surface area contributed by atoms with Crippen molar-refractivity contribution in [1.82, 2.24) is 19.4 Å². The van der Waals surface area contributed by atoms with Gasteiger partial charge in [0.25, 0.3) is 11.5 Å². The lowest BCUT2D eigenvalue weighted by molar-refractivity contribution is 0.101. The molecule has 164 valence electrons. The average Bonchev–Trinajstić information content (AvgIpc) is 3.36. The van der Waals surface area contributed by atoms with E-state index in [9.17, 15) is 14.0 Å². The standard InChI is InChI=1S/C24H18FN5O2S/c1-14-17(12-27-30(14)19-11-7-6-10-18(19)25)22(31)28-29-13-26-23-21(24(29)32)20(15(2)33-23)16-8-4-3-5-9-16/h3-13H,1-2H3,(H,28,31). The molecule has 3 heterocycles. The van der Waals surface area contributed by atoms with Crippen LogP contribution < -0.4 is 11.0 Å². The molecular weight excluding hydrogens is 441 g/mol. The van der Waals surface area contributed by atoms with Crippen LogP contribution in [-0.4, -0.2) is 25.3 Å². The van der Waals surface area contributed by atoms with Crippen LogP contribution in [-0.2, 0) is 0 Å². The highest BCUT2D eigenvalue weighted by molar-refractivity contribution is 7.19. The van der Waals surface area contributed by atoms with E-state index in [0.29, 0.717) is 15.9 Å².